The molecule has 1 aliphatic rings. The van der Waals surface area contributed by atoms with Gasteiger partial charge in [0.1, 0.15) is 11.5 Å². The number of piperidine rings is 1. The highest BCUT2D eigenvalue weighted by Gasteiger charge is 2.25. The zero-order valence-corrected chi connectivity index (χ0v) is 15.5. The predicted octanol–water partition coefficient (Wildman–Crippen LogP) is 3.82. The fraction of sp³-hybridized carbons (Fsp3) is 0.368. The zero-order valence-electron chi connectivity index (χ0n) is 14.7. The van der Waals surface area contributed by atoms with Crippen LogP contribution < -0.4 is 0 Å². The van der Waals surface area contributed by atoms with Crippen molar-refractivity contribution >= 4 is 17.2 Å². The van der Waals surface area contributed by atoms with Crippen LogP contribution in [0, 0.1) is 11.7 Å². The summed E-state index contributed by atoms with van der Waals surface area (Å²) >= 11 is 1.44. The number of carbonyl (C=O) groups excluding carboxylic acids is 1. The SMILES string of the molecule is O=C(c1cscn1)N1CCCC(CCc2noc(-c3ccc(F)cc3)n2)C1. The van der Waals surface area contributed by atoms with Crippen LogP contribution in [0.5, 0.6) is 0 Å². The monoisotopic (exact) mass is 386 g/mol. The maximum absolute atomic E-state index is 13.0. The summed E-state index contributed by atoms with van der Waals surface area (Å²) in [6.45, 7) is 1.52. The van der Waals surface area contributed by atoms with Gasteiger partial charge in [-0.3, -0.25) is 4.79 Å². The number of nitrogens with zero attached hydrogens (tertiary/aromatic N) is 4. The van der Waals surface area contributed by atoms with Crippen LogP contribution in [0.1, 0.15) is 35.6 Å². The molecule has 3 aromatic rings. The van der Waals surface area contributed by atoms with Gasteiger partial charge in [-0.25, -0.2) is 9.37 Å². The molecule has 140 valence electrons. The number of carbonyl (C=O) groups is 1. The summed E-state index contributed by atoms with van der Waals surface area (Å²) in [5.41, 5.74) is 2.92. The van der Waals surface area contributed by atoms with Crippen LogP contribution in [-0.2, 0) is 6.42 Å². The van der Waals surface area contributed by atoms with Crippen LogP contribution in [0.25, 0.3) is 11.5 Å². The van der Waals surface area contributed by atoms with Crippen molar-refractivity contribution in [2.24, 2.45) is 5.92 Å². The minimum absolute atomic E-state index is 0.0131. The smallest absolute Gasteiger partial charge is 0.273 e. The quantitative estimate of drug-likeness (QED) is 0.667. The summed E-state index contributed by atoms with van der Waals surface area (Å²) in [6.07, 6.45) is 3.66. The van der Waals surface area contributed by atoms with Crippen molar-refractivity contribution in [3.05, 3.63) is 52.5 Å². The number of thiazole rings is 1. The topological polar surface area (TPSA) is 72.1 Å². The standard InChI is InChI=1S/C19H19FN4O2S/c20-15-6-4-14(5-7-15)18-22-17(23-26-18)8-3-13-2-1-9-24(10-13)19(25)16-11-27-12-21-16/h4-7,11-13H,1-3,8-10H2. The molecule has 1 aromatic carbocycles. The van der Waals surface area contributed by atoms with E-state index in [9.17, 15) is 9.18 Å². The van der Waals surface area contributed by atoms with Crippen molar-refractivity contribution < 1.29 is 13.7 Å². The number of benzene rings is 1. The zero-order chi connectivity index (χ0) is 18.6. The van der Waals surface area contributed by atoms with E-state index in [-0.39, 0.29) is 11.7 Å². The Balaban J connectivity index is 1.33. The lowest BCUT2D eigenvalue weighted by atomic mass is 9.93. The first-order valence-corrected chi connectivity index (χ1v) is 9.89. The minimum atomic E-state index is -0.299. The minimum Gasteiger partial charge on any atom is -0.337 e. The highest BCUT2D eigenvalue weighted by atomic mass is 32.1. The Hall–Kier alpha value is -2.61. The number of hydrogen-bond acceptors (Lipinski definition) is 6. The van der Waals surface area contributed by atoms with E-state index in [0.717, 1.165) is 32.4 Å². The van der Waals surface area contributed by atoms with E-state index in [2.05, 4.69) is 15.1 Å². The summed E-state index contributed by atoms with van der Waals surface area (Å²) < 4.78 is 18.3. The fourth-order valence-electron chi connectivity index (χ4n) is 3.36. The summed E-state index contributed by atoms with van der Waals surface area (Å²) in [5, 5.41) is 5.82. The van der Waals surface area contributed by atoms with E-state index in [1.165, 1.54) is 23.5 Å². The molecule has 0 aliphatic carbocycles. The van der Waals surface area contributed by atoms with E-state index >= 15 is 0 Å². The third kappa shape index (κ3) is 4.21. The number of aromatic nitrogens is 3. The molecule has 27 heavy (non-hydrogen) atoms. The van der Waals surface area contributed by atoms with E-state index in [1.807, 2.05) is 4.90 Å². The van der Waals surface area contributed by atoms with Gasteiger partial charge >= 0.3 is 0 Å². The molecule has 0 radical (unpaired) electrons. The van der Waals surface area contributed by atoms with Gasteiger partial charge in [0.05, 0.1) is 5.51 Å². The van der Waals surface area contributed by atoms with Gasteiger partial charge < -0.3 is 9.42 Å². The number of aryl methyl sites for hydroxylation is 1. The van der Waals surface area contributed by atoms with Crippen LogP contribution in [0.4, 0.5) is 4.39 Å². The Morgan fingerprint density at radius 2 is 2.19 bits per heavy atom. The molecule has 8 heteroatoms. The number of amides is 1. The molecule has 0 spiro atoms. The van der Waals surface area contributed by atoms with Crippen LogP contribution >= 0.6 is 11.3 Å². The molecule has 1 amide bonds. The molecule has 1 atom stereocenters. The summed E-state index contributed by atoms with van der Waals surface area (Å²) in [6, 6.07) is 5.98. The lowest BCUT2D eigenvalue weighted by molar-refractivity contribution is 0.0663. The van der Waals surface area contributed by atoms with Gasteiger partial charge in [-0.05, 0) is 49.4 Å². The Kier molecular flexibility index (Phi) is 5.24. The summed E-state index contributed by atoms with van der Waals surface area (Å²) in [4.78, 5) is 22.9. The Labute approximate surface area is 160 Å². The van der Waals surface area contributed by atoms with Crippen LogP contribution in [0.15, 0.2) is 39.7 Å². The van der Waals surface area contributed by atoms with Crippen molar-refractivity contribution in [1.82, 2.24) is 20.0 Å². The molecule has 0 N–H and O–H groups in total. The number of hydrogen-bond donors (Lipinski definition) is 0. The van der Waals surface area contributed by atoms with Crippen molar-refractivity contribution in [3.63, 3.8) is 0 Å². The average molecular weight is 386 g/mol. The third-order valence-electron chi connectivity index (χ3n) is 4.79. The first-order valence-electron chi connectivity index (χ1n) is 8.95. The van der Waals surface area contributed by atoms with Crippen molar-refractivity contribution in [2.75, 3.05) is 13.1 Å². The molecule has 1 saturated heterocycles. The molecule has 0 bridgehead atoms. The molecule has 4 rings (SSSR count). The number of rotatable bonds is 5. The van der Waals surface area contributed by atoms with Gasteiger partial charge in [0, 0.05) is 30.5 Å². The predicted molar refractivity (Wildman–Crippen MR) is 98.8 cm³/mol. The molecule has 1 aliphatic heterocycles. The van der Waals surface area contributed by atoms with Crippen molar-refractivity contribution in [1.29, 1.82) is 0 Å². The first-order chi connectivity index (χ1) is 13.2. The second-order valence-electron chi connectivity index (χ2n) is 6.69. The van der Waals surface area contributed by atoms with E-state index in [1.54, 1.807) is 23.0 Å². The van der Waals surface area contributed by atoms with Gasteiger partial charge in [-0.1, -0.05) is 5.16 Å². The van der Waals surface area contributed by atoms with Gasteiger partial charge in [-0.2, -0.15) is 4.98 Å². The van der Waals surface area contributed by atoms with Crippen molar-refractivity contribution in [2.45, 2.75) is 25.7 Å². The van der Waals surface area contributed by atoms with E-state index < -0.39 is 0 Å². The summed E-state index contributed by atoms with van der Waals surface area (Å²) in [7, 11) is 0. The number of likely N-dealkylation sites (tertiary alicyclic amines) is 1. The third-order valence-corrected chi connectivity index (χ3v) is 5.38. The van der Waals surface area contributed by atoms with Gasteiger partial charge in [0.15, 0.2) is 5.82 Å². The van der Waals surface area contributed by atoms with Gasteiger partial charge in [0.2, 0.25) is 0 Å². The Morgan fingerprint density at radius 3 is 2.96 bits per heavy atom. The normalized spacial score (nSPS) is 17.2. The summed E-state index contributed by atoms with van der Waals surface area (Å²) in [5.74, 6) is 1.16. The van der Waals surface area contributed by atoms with Crippen LogP contribution in [-0.4, -0.2) is 39.0 Å². The molecule has 1 fully saturated rings. The molecule has 0 saturated carbocycles. The van der Waals surface area contributed by atoms with Crippen LogP contribution in [0.2, 0.25) is 0 Å². The van der Waals surface area contributed by atoms with Crippen LogP contribution in [0.3, 0.4) is 0 Å². The fourth-order valence-corrected chi connectivity index (χ4v) is 3.89. The molecule has 3 heterocycles. The Bertz CT molecular complexity index is 895. The molecule has 6 nitrogen and oxygen atoms in total. The van der Waals surface area contributed by atoms with Crippen molar-refractivity contribution in [3.8, 4) is 11.5 Å². The maximum atomic E-state index is 13.0. The lowest BCUT2D eigenvalue weighted by Crippen LogP contribution is -2.40. The largest absolute Gasteiger partial charge is 0.337 e. The number of halogens is 1. The molecule has 1 unspecified atom stereocenters. The molecular formula is C19H19FN4O2S. The molecule has 2 aromatic heterocycles. The van der Waals surface area contributed by atoms with E-state index in [0.29, 0.717) is 35.3 Å². The molecular weight excluding hydrogens is 367 g/mol. The first kappa shape index (κ1) is 17.8. The van der Waals surface area contributed by atoms with Gasteiger partial charge in [-0.15, -0.1) is 11.3 Å². The Morgan fingerprint density at radius 1 is 1.33 bits per heavy atom. The lowest BCUT2D eigenvalue weighted by Gasteiger charge is -2.32. The maximum Gasteiger partial charge on any atom is 0.273 e. The average Bonchev–Trinajstić information content (AvgIpc) is 3.39. The highest BCUT2D eigenvalue weighted by molar-refractivity contribution is 7.07. The highest BCUT2D eigenvalue weighted by Crippen LogP contribution is 2.23. The van der Waals surface area contributed by atoms with Gasteiger partial charge in [0.25, 0.3) is 11.8 Å². The second kappa shape index (κ2) is 7.96. The van der Waals surface area contributed by atoms with E-state index in [4.69, 9.17) is 4.52 Å². The second-order valence-corrected chi connectivity index (χ2v) is 7.41.